The molecule has 3 rings (SSSR count). The number of hydrogen-bond donors (Lipinski definition) is 1. The van der Waals surface area contributed by atoms with Crippen molar-refractivity contribution < 1.29 is 4.79 Å². The highest BCUT2D eigenvalue weighted by molar-refractivity contribution is 7.99. The van der Waals surface area contributed by atoms with E-state index in [1.165, 1.54) is 11.8 Å². The number of aromatic nitrogens is 3. The Kier molecular flexibility index (Phi) is 5.82. The molecule has 8 heteroatoms. The fourth-order valence-electron chi connectivity index (χ4n) is 2.16. The quantitative estimate of drug-likeness (QED) is 0.637. The largest absolute Gasteiger partial charge is 0.353 e. The van der Waals surface area contributed by atoms with Crippen LogP contribution in [-0.4, -0.2) is 32.9 Å². The Morgan fingerprint density at radius 2 is 2.12 bits per heavy atom. The van der Waals surface area contributed by atoms with Gasteiger partial charge in [-0.2, -0.15) is 0 Å². The summed E-state index contributed by atoms with van der Waals surface area (Å²) in [5.41, 5.74) is 1.77. The van der Waals surface area contributed by atoms with Crippen molar-refractivity contribution in [3.05, 3.63) is 35.3 Å². The van der Waals surface area contributed by atoms with Crippen molar-refractivity contribution in [1.29, 1.82) is 0 Å². The Bertz CT molecular complexity index is 841. The average molecular weight is 391 g/mol. The molecular formula is C17H18N4OS3. The van der Waals surface area contributed by atoms with Crippen LogP contribution in [0.5, 0.6) is 0 Å². The SMILES string of the molecule is Cc1nc(-c2cccs2)sc1-c1ccc(SCC(=O)NC(C)C)nn1. The molecule has 3 aromatic heterocycles. The van der Waals surface area contributed by atoms with E-state index in [1.54, 1.807) is 22.7 Å². The Morgan fingerprint density at radius 3 is 2.76 bits per heavy atom. The van der Waals surface area contributed by atoms with Crippen LogP contribution in [-0.2, 0) is 4.79 Å². The Hall–Kier alpha value is -1.77. The lowest BCUT2D eigenvalue weighted by molar-refractivity contribution is -0.119. The van der Waals surface area contributed by atoms with Gasteiger partial charge in [0.15, 0.2) is 0 Å². The van der Waals surface area contributed by atoms with Crippen LogP contribution in [0.4, 0.5) is 0 Å². The van der Waals surface area contributed by atoms with Gasteiger partial charge in [0.1, 0.15) is 15.7 Å². The molecule has 0 aliphatic heterocycles. The van der Waals surface area contributed by atoms with E-state index in [9.17, 15) is 4.79 Å². The number of rotatable bonds is 6. The Morgan fingerprint density at radius 1 is 1.28 bits per heavy atom. The van der Waals surface area contributed by atoms with Crippen molar-refractivity contribution in [1.82, 2.24) is 20.5 Å². The lowest BCUT2D eigenvalue weighted by atomic mass is 10.3. The second-order valence-electron chi connectivity index (χ2n) is 5.68. The molecule has 0 aromatic carbocycles. The first-order valence-corrected chi connectivity index (χ1v) is 10.5. The van der Waals surface area contributed by atoms with Gasteiger partial charge in [-0.05, 0) is 44.4 Å². The maximum atomic E-state index is 11.7. The van der Waals surface area contributed by atoms with Crippen molar-refractivity contribution in [2.45, 2.75) is 31.8 Å². The third-order valence-electron chi connectivity index (χ3n) is 3.20. The molecule has 3 heterocycles. The van der Waals surface area contributed by atoms with Gasteiger partial charge in [0.2, 0.25) is 5.91 Å². The number of carbonyl (C=O) groups is 1. The lowest BCUT2D eigenvalue weighted by Crippen LogP contribution is -2.31. The van der Waals surface area contributed by atoms with Crippen molar-refractivity contribution in [3.8, 4) is 20.5 Å². The Labute approximate surface area is 158 Å². The molecule has 25 heavy (non-hydrogen) atoms. The first-order valence-electron chi connectivity index (χ1n) is 7.80. The van der Waals surface area contributed by atoms with Crippen molar-refractivity contribution >= 4 is 40.3 Å². The molecule has 0 unspecified atom stereocenters. The number of aryl methyl sites for hydroxylation is 1. The number of thiophene rings is 1. The molecular weight excluding hydrogens is 372 g/mol. The van der Waals surface area contributed by atoms with Crippen LogP contribution in [0.15, 0.2) is 34.7 Å². The van der Waals surface area contributed by atoms with Gasteiger partial charge in [0, 0.05) is 6.04 Å². The van der Waals surface area contributed by atoms with Crippen LogP contribution in [0, 0.1) is 6.92 Å². The van der Waals surface area contributed by atoms with Crippen LogP contribution in [0.1, 0.15) is 19.5 Å². The van der Waals surface area contributed by atoms with Crippen molar-refractivity contribution in [2.24, 2.45) is 0 Å². The van der Waals surface area contributed by atoms with E-state index in [0.717, 1.165) is 31.2 Å². The standard InChI is InChI=1S/C17H18N4OS3/c1-10(2)18-14(22)9-24-15-7-6-12(20-21-15)16-11(3)19-17(25-16)13-5-4-8-23-13/h4-8,10H,9H2,1-3H3,(H,18,22). The van der Waals surface area contributed by atoms with Crippen LogP contribution in [0.2, 0.25) is 0 Å². The molecule has 0 aliphatic carbocycles. The highest BCUT2D eigenvalue weighted by Gasteiger charge is 2.14. The number of carbonyl (C=O) groups excluding carboxylic acids is 1. The summed E-state index contributed by atoms with van der Waals surface area (Å²) in [6, 6.07) is 8.08. The van der Waals surface area contributed by atoms with Gasteiger partial charge in [0.25, 0.3) is 0 Å². The fourth-order valence-corrected chi connectivity index (χ4v) is 4.61. The molecule has 0 spiro atoms. The van der Waals surface area contributed by atoms with Crippen LogP contribution >= 0.6 is 34.4 Å². The molecule has 0 aliphatic rings. The van der Waals surface area contributed by atoms with Crippen LogP contribution in [0.25, 0.3) is 20.5 Å². The van der Waals surface area contributed by atoms with Gasteiger partial charge in [-0.15, -0.1) is 32.9 Å². The zero-order chi connectivity index (χ0) is 17.8. The molecule has 130 valence electrons. The smallest absolute Gasteiger partial charge is 0.230 e. The number of nitrogens with zero attached hydrogens (tertiary/aromatic N) is 3. The summed E-state index contributed by atoms with van der Waals surface area (Å²) in [7, 11) is 0. The second kappa shape index (κ2) is 8.07. The highest BCUT2D eigenvalue weighted by Crippen LogP contribution is 2.36. The maximum absolute atomic E-state index is 11.7. The van der Waals surface area contributed by atoms with Gasteiger partial charge in [0.05, 0.1) is 21.2 Å². The predicted molar refractivity (Wildman–Crippen MR) is 105 cm³/mol. The summed E-state index contributed by atoms with van der Waals surface area (Å²) in [6.07, 6.45) is 0. The van der Waals surface area contributed by atoms with Gasteiger partial charge >= 0.3 is 0 Å². The first kappa shape index (κ1) is 18.0. The molecule has 0 radical (unpaired) electrons. The highest BCUT2D eigenvalue weighted by atomic mass is 32.2. The van der Waals surface area contributed by atoms with E-state index in [0.29, 0.717) is 5.75 Å². The number of thiazole rings is 1. The number of amides is 1. The van der Waals surface area contributed by atoms with E-state index in [4.69, 9.17) is 0 Å². The van der Waals surface area contributed by atoms with Crippen LogP contribution < -0.4 is 5.32 Å². The fraction of sp³-hybridized carbons (Fsp3) is 0.294. The monoisotopic (exact) mass is 390 g/mol. The van der Waals surface area contributed by atoms with Gasteiger partial charge in [-0.1, -0.05) is 17.8 Å². The summed E-state index contributed by atoms with van der Waals surface area (Å²) in [6.45, 7) is 5.88. The zero-order valence-corrected chi connectivity index (χ0v) is 16.6. The first-order chi connectivity index (χ1) is 12.0. The topological polar surface area (TPSA) is 67.8 Å². The molecule has 0 atom stereocenters. The minimum absolute atomic E-state index is 0.00441. The minimum atomic E-state index is 0.00441. The van der Waals surface area contributed by atoms with E-state index >= 15 is 0 Å². The molecule has 0 fully saturated rings. The molecule has 1 N–H and O–H groups in total. The lowest BCUT2D eigenvalue weighted by Gasteiger charge is -2.07. The van der Waals surface area contributed by atoms with Crippen molar-refractivity contribution in [2.75, 3.05) is 5.75 Å². The second-order valence-corrected chi connectivity index (χ2v) is 8.62. The number of thioether (sulfide) groups is 1. The minimum Gasteiger partial charge on any atom is -0.353 e. The molecule has 5 nitrogen and oxygen atoms in total. The zero-order valence-electron chi connectivity index (χ0n) is 14.1. The van der Waals surface area contributed by atoms with Crippen molar-refractivity contribution in [3.63, 3.8) is 0 Å². The third-order valence-corrected chi connectivity index (χ3v) is 6.34. The summed E-state index contributed by atoms with van der Waals surface area (Å²) < 4.78 is 0. The molecule has 0 saturated carbocycles. The van der Waals surface area contributed by atoms with E-state index in [-0.39, 0.29) is 11.9 Å². The van der Waals surface area contributed by atoms with Gasteiger partial charge in [-0.25, -0.2) is 4.98 Å². The maximum Gasteiger partial charge on any atom is 0.230 e. The molecule has 1 amide bonds. The predicted octanol–water partition coefficient (Wildman–Crippen LogP) is 4.25. The van der Waals surface area contributed by atoms with E-state index < -0.39 is 0 Å². The summed E-state index contributed by atoms with van der Waals surface area (Å²) >= 11 is 4.69. The molecule has 3 aromatic rings. The van der Waals surface area contributed by atoms with Gasteiger partial charge < -0.3 is 5.32 Å². The Balaban J connectivity index is 1.69. The third kappa shape index (κ3) is 4.65. The summed E-state index contributed by atoms with van der Waals surface area (Å²) in [5, 5.41) is 15.2. The average Bonchev–Trinajstić information content (AvgIpc) is 3.22. The normalized spacial score (nSPS) is 11.0. The summed E-state index contributed by atoms with van der Waals surface area (Å²) in [5.74, 6) is 0.346. The number of hydrogen-bond acceptors (Lipinski definition) is 7. The van der Waals surface area contributed by atoms with E-state index in [1.807, 2.05) is 44.4 Å². The number of nitrogens with one attached hydrogen (secondary N) is 1. The molecule has 0 bridgehead atoms. The van der Waals surface area contributed by atoms with E-state index in [2.05, 4.69) is 26.6 Å². The molecule has 0 saturated heterocycles. The van der Waals surface area contributed by atoms with Crippen LogP contribution in [0.3, 0.4) is 0 Å². The summed E-state index contributed by atoms with van der Waals surface area (Å²) in [4.78, 5) is 18.5. The van der Waals surface area contributed by atoms with Gasteiger partial charge in [-0.3, -0.25) is 4.79 Å².